The molecule has 2 aliphatic rings. The number of hydrogen-bond donors (Lipinski definition) is 1. The van der Waals surface area contributed by atoms with E-state index in [4.69, 9.17) is 0 Å². The largest absolute Gasteiger partial charge is 0.433 e. The summed E-state index contributed by atoms with van der Waals surface area (Å²) < 4.78 is 59.3. The number of fused-ring (bicyclic) bond motifs is 1. The Balaban J connectivity index is 1.61. The number of carbonyl (C=O) groups excluding carboxylic acids is 3. The minimum atomic E-state index is -4.78. The number of nitrogens with one attached hydrogen (secondary N) is 1. The van der Waals surface area contributed by atoms with Crippen molar-refractivity contribution in [1.82, 2.24) is 23.3 Å². The van der Waals surface area contributed by atoms with Crippen LogP contribution in [0, 0.1) is 18.3 Å². The molecule has 41 heavy (non-hydrogen) atoms. The van der Waals surface area contributed by atoms with Gasteiger partial charge >= 0.3 is 6.18 Å². The van der Waals surface area contributed by atoms with Gasteiger partial charge in [0.1, 0.15) is 11.9 Å². The zero-order chi connectivity index (χ0) is 30.0. The topological polar surface area (TPSA) is 95.5 Å². The second-order valence-electron chi connectivity index (χ2n) is 10.9. The van der Waals surface area contributed by atoms with E-state index in [1.807, 2.05) is 0 Å². The Hall–Kier alpha value is -2.72. The molecule has 1 N–H and O–H groups in total. The van der Waals surface area contributed by atoms with Crippen molar-refractivity contribution >= 4 is 62.1 Å². The van der Waals surface area contributed by atoms with Crippen LogP contribution in [-0.4, -0.2) is 62.8 Å². The molecule has 3 aromatic rings. The van der Waals surface area contributed by atoms with Gasteiger partial charge < -0.3 is 4.90 Å². The van der Waals surface area contributed by atoms with Gasteiger partial charge in [0.05, 0.1) is 46.0 Å². The number of carbonyl (C=O) groups is 3. The second kappa shape index (κ2) is 10.5. The number of imide groups is 1. The molecule has 218 valence electrons. The standard InChI is InChI=1S/C27H26F4IN5O3S/c1-12-7-19(27(29,30)31)34-21(20(12)24(39)36-10-16(28)18(11-36)35-32)15-5-6-33-17-8-14(41-22(15)17)9-37-23(38)13(2)26(3,4)25(37)40/h5-8,13,16,18,35H,9-11H2,1-4H3/t13?,16-,18-/m1/s1. The maximum absolute atomic E-state index is 14.5. The van der Waals surface area contributed by atoms with E-state index in [1.54, 1.807) is 49.7 Å². The molecule has 3 aromatic heterocycles. The smallest absolute Gasteiger partial charge is 0.334 e. The summed E-state index contributed by atoms with van der Waals surface area (Å²) in [5, 5.41) is 0. The zero-order valence-corrected chi connectivity index (χ0v) is 25.4. The van der Waals surface area contributed by atoms with Crippen LogP contribution < -0.4 is 3.53 Å². The first kappa shape index (κ1) is 29.8. The molecule has 14 heteroatoms. The normalized spacial score (nSPS) is 22.8. The molecule has 0 aliphatic carbocycles. The molecule has 0 spiro atoms. The van der Waals surface area contributed by atoms with Gasteiger partial charge in [-0.05, 0) is 30.7 Å². The zero-order valence-electron chi connectivity index (χ0n) is 22.5. The maximum Gasteiger partial charge on any atom is 0.433 e. The van der Waals surface area contributed by atoms with E-state index in [0.717, 1.165) is 17.4 Å². The van der Waals surface area contributed by atoms with Crippen molar-refractivity contribution in [2.45, 2.75) is 52.6 Å². The molecule has 0 saturated carbocycles. The lowest BCUT2D eigenvalue weighted by molar-refractivity contribution is -0.142. The predicted octanol–water partition coefficient (Wildman–Crippen LogP) is 5.32. The lowest BCUT2D eigenvalue weighted by Crippen LogP contribution is -2.33. The Morgan fingerprint density at radius 2 is 1.95 bits per heavy atom. The van der Waals surface area contributed by atoms with Gasteiger partial charge in [0.2, 0.25) is 11.8 Å². The first-order valence-electron chi connectivity index (χ1n) is 12.8. The van der Waals surface area contributed by atoms with Gasteiger partial charge in [-0.25, -0.2) is 9.37 Å². The van der Waals surface area contributed by atoms with E-state index in [0.29, 0.717) is 15.1 Å². The molecular formula is C27H26F4IN5O3S. The summed E-state index contributed by atoms with van der Waals surface area (Å²) in [7, 11) is 0. The van der Waals surface area contributed by atoms with Crippen molar-refractivity contribution < 1.29 is 31.9 Å². The van der Waals surface area contributed by atoms with Crippen LogP contribution in [0.2, 0.25) is 0 Å². The number of halogens is 5. The summed E-state index contributed by atoms with van der Waals surface area (Å²) in [6, 6.07) is 3.37. The Morgan fingerprint density at radius 3 is 2.54 bits per heavy atom. The van der Waals surface area contributed by atoms with Crippen molar-refractivity contribution in [1.29, 1.82) is 0 Å². The van der Waals surface area contributed by atoms with Crippen LogP contribution in [0.3, 0.4) is 0 Å². The van der Waals surface area contributed by atoms with Crippen LogP contribution in [-0.2, 0) is 22.3 Å². The number of nitrogens with zero attached hydrogens (tertiary/aromatic N) is 4. The first-order chi connectivity index (χ1) is 19.1. The average molecular weight is 704 g/mol. The van der Waals surface area contributed by atoms with E-state index in [-0.39, 0.29) is 53.8 Å². The lowest BCUT2D eigenvalue weighted by atomic mass is 9.82. The maximum atomic E-state index is 14.5. The number of hydrogen-bond acceptors (Lipinski definition) is 7. The Labute approximate surface area is 251 Å². The van der Waals surface area contributed by atoms with Crippen LogP contribution in [0.15, 0.2) is 24.4 Å². The summed E-state index contributed by atoms with van der Waals surface area (Å²) in [6.45, 7) is 6.36. The quantitative estimate of drug-likeness (QED) is 0.168. The number of aromatic nitrogens is 2. The SMILES string of the molecule is Cc1cc(C(F)(F)F)nc(-c2ccnc3cc(CN4C(=O)C(C)C(C)(C)C4=O)sc23)c1C(=O)N1C[C@@H](F)[C@H](NI)C1. The number of likely N-dealkylation sites (tertiary alicyclic amines) is 2. The number of aryl methyl sites for hydroxylation is 1. The molecule has 5 rings (SSSR count). The molecule has 0 radical (unpaired) electrons. The van der Waals surface area contributed by atoms with Crippen LogP contribution in [0.25, 0.3) is 21.5 Å². The summed E-state index contributed by atoms with van der Waals surface area (Å²) in [5.74, 6) is -1.73. The van der Waals surface area contributed by atoms with Crippen molar-refractivity contribution in [2.75, 3.05) is 13.1 Å². The molecule has 0 bridgehead atoms. The molecule has 2 fully saturated rings. The van der Waals surface area contributed by atoms with E-state index in [2.05, 4.69) is 13.5 Å². The van der Waals surface area contributed by atoms with Crippen molar-refractivity contribution in [3.05, 3.63) is 46.1 Å². The number of pyridine rings is 2. The van der Waals surface area contributed by atoms with E-state index >= 15 is 0 Å². The third-order valence-corrected chi connectivity index (χ3v) is 9.89. The molecule has 3 amide bonds. The number of rotatable bonds is 5. The highest BCUT2D eigenvalue weighted by Crippen LogP contribution is 2.41. The minimum absolute atomic E-state index is 0.0108. The fourth-order valence-corrected chi connectivity index (χ4v) is 6.91. The lowest BCUT2D eigenvalue weighted by Gasteiger charge is -2.21. The summed E-state index contributed by atoms with van der Waals surface area (Å²) in [5.41, 5.74) is -1.54. The molecule has 2 aliphatic heterocycles. The van der Waals surface area contributed by atoms with Gasteiger partial charge in [-0.15, -0.1) is 11.3 Å². The molecule has 1 unspecified atom stereocenters. The molecule has 0 aromatic carbocycles. The van der Waals surface area contributed by atoms with Crippen molar-refractivity contribution in [3.8, 4) is 11.3 Å². The Kier molecular flexibility index (Phi) is 7.64. The van der Waals surface area contributed by atoms with Crippen LogP contribution in [0.5, 0.6) is 0 Å². The van der Waals surface area contributed by atoms with Crippen molar-refractivity contribution in [2.24, 2.45) is 11.3 Å². The molecule has 3 atom stereocenters. The van der Waals surface area contributed by atoms with E-state index in [1.165, 1.54) is 29.0 Å². The first-order valence-corrected chi connectivity index (χ1v) is 14.7. The summed E-state index contributed by atoms with van der Waals surface area (Å²) in [6.07, 6.45) is -4.71. The van der Waals surface area contributed by atoms with Gasteiger partial charge in [-0.2, -0.15) is 13.2 Å². The monoisotopic (exact) mass is 703 g/mol. The van der Waals surface area contributed by atoms with Gasteiger partial charge in [0.15, 0.2) is 0 Å². The third kappa shape index (κ3) is 5.11. The Bertz CT molecular complexity index is 1580. The van der Waals surface area contributed by atoms with E-state index < -0.39 is 41.3 Å². The highest BCUT2D eigenvalue weighted by atomic mass is 127. The van der Waals surface area contributed by atoms with Gasteiger partial charge in [-0.1, -0.05) is 20.8 Å². The third-order valence-electron chi connectivity index (χ3n) is 7.94. The summed E-state index contributed by atoms with van der Waals surface area (Å²) in [4.78, 5) is 50.8. The fourth-order valence-electron chi connectivity index (χ4n) is 5.21. The van der Waals surface area contributed by atoms with Gasteiger partial charge in [-0.3, -0.25) is 27.8 Å². The van der Waals surface area contributed by atoms with Crippen LogP contribution in [0.1, 0.15) is 47.3 Å². The predicted molar refractivity (Wildman–Crippen MR) is 153 cm³/mol. The number of alkyl halides is 4. The fraction of sp³-hybridized carbons (Fsp3) is 0.444. The Morgan fingerprint density at radius 1 is 1.24 bits per heavy atom. The van der Waals surface area contributed by atoms with Crippen LogP contribution >= 0.6 is 34.2 Å². The molecule has 2 saturated heterocycles. The minimum Gasteiger partial charge on any atom is -0.334 e. The number of amides is 3. The van der Waals surface area contributed by atoms with E-state index in [9.17, 15) is 31.9 Å². The second-order valence-corrected chi connectivity index (χ2v) is 12.7. The van der Waals surface area contributed by atoms with Gasteiger partial charge in [0, 0.05) is 52.0 Å². The highest BCUT2D eigenvalue weighted by Gasteiger charge is 2.51. The highest BCUT2D eigenvalue weighted by molar-refractivity contribution is 14.1. The molecule has 5 heterocycles. The van der Waals surface area contributed by atoms with Crippen molar-refractivity contribution in [3.63, 3.8) is 0 Å². The molecule has 8 nitrogen and oxygen atoms in total. The molecular weight excluding hydrogens is 677 g/mol. The number of thiophene rings is 1. The summed E-state index contributed by atoms with van der Waals surface area (Å²) >= 11 is 2.97. The van der Waals surface area contributed by atoms with Gasteiger partial charge in [0.25, 0.3) is 5.91 Å². The average Bonchev–Trinajstić information content (AvgIpc) is 3.54. The van der Waals surface area contributed by atoms with Crippen LogP contribution in [0.4, 0.5) is 17.6 Å².